The fourth-order valence-corrected chi connectivity index (χ4v) is 2.32. The van der Waals surface area contributed by atoms with Crippen molar-refractivity contribution in [1.82, 2.24) is 25.1 Å². The number of fused-ring (bicyclic) bond motifs is 1. The van der Waals surface area contributed by atoms with Crippen molar-refractivity contribution in [1.29, 1.82) is 0 Å². The Kier molecular flexibility index (Phi) is 4.77. The molecule has 13 heteroatoms. The fraction of sp³-hybridized carbons (Fsp3) is 0.308. The van der Waals surface area contributed by atoms with Gasteiger partial charge in [0.05, 0.1) is 12.2 Å². The molecular formula is C13H11F5N6O2. The predicted molar refractivity (Wildman–Crippen MR) is 76.1 cm³/mol. The van der Waals surface area contributed by atoms with Crippen molar-refractivity contribution in [3.8, 4) is 5.88 Å². The number of hydrogen-bond donors (Lipinski definition) is 1. The Morgan fingerprint density at radius 3 is 2.73 bits per heavy atom. The van der Waals surface area contributed by atoms with E-state index < -0.39 is 37.1 Å². The zero-order valence-electron chi connectivity index (χ0n) is 12.8. The minimum atomic E-state index is -3.26. The standard InChI is InChI=1S/C13H11F5N6O2/c14-8-3-7(4-19-10(8)26-12(17)18)9(25)20-5-22-1-2-23-6-21-24(11(15)16)13(22)23/h1-4,6,11-13H,5H2,(H,20,25). The number of ether oxygens (including phenoxy) is 1. The van der Waals surface area contributed by atoms with Crippen molar-refractivity contribution in [3.63, 3.8) is 0 Å². The number of carbonyl (C=O) groups is 1. The molecule has 1 atom stereocenters. The van der Waals surface area contributed by atoms with Crippen LogP contribution in [0.1, 0.15) is 10.4 Å². The van der Waals surface area contributed by atoms with Gasteiger partial charge in [0, 0.05) is 18.6 Å². The maximum absolute atomic E-state index is 13.6. The van der Waals surface area contributed by atoms with Crippen LogP contribution >= 0.6 is 0 Å². The van der Waals surface area contributed by atoms with Gasteiger partial charge in [-0.15, -0.1) is 0 Å². The second-order valence-electron chi connectivity index (χ2n) is 5.05. The summed E-state index contributed by atoms with van der Waals surface area (Å²) >= 11 is 0. The zero-order valence-corrected chi connectivity index (χ0v) is 12.8. The molecule has 0 aliphatic carbocycles. The molecule has 2 aliphatic heterocycles. The summed E-state index contributed by atoms with van der Waals surface area (Å²) in [5.74, 6) is -2.96. The number of aromatic nitrogens is 1. The highest BCUT2D eigenvalue weighted by Crippen LogP contribution is 2.25. The van der Waals surface area contributed by atoms with Gasteiger partial charge in [0.2, 0.25) is 6.29 Å². The Hall–Kier alpha value is -3.12. The topological polar surface area (TPSA) is 73.3 Å². The third-order valence-electron chi connectivity index (χ3n) is 3.44. The van der Waals surface area contributed by atoms with E-state index >= 15 is 0 Å². The van der Waals surface area contributed by atoms with E-state index in [-0.39, 0.29) is 12.2 Å². The number of pyridine rings is 1. The van der Waals surface area contributed by atoms with Crippen molar-refractivity contribution < 1.29 is 31.5 Å². The van der Waals surface area contributed by atoms with Gasteiger partial charge in [0.15, 0.2) is 5.82 Å². The van der Waals surface area contributed by atoms with E-state index in [0.717, 1.165) is 6.20 Å². The van der Waals surface area contributed by atoms with E-state index in [2.05, 4.69) is 20.1 Å². The van der Waals surface area contributed by atoms with Crippen molar-refractivity contribution in [2.75, 3.05) is 6.67 Å². The largest absolute Gasteiger partial charge is 0.414 e. The van der Waals surface area contributed by atoms with Crippen molar-refractivity contribution >= 4 is 12.2 Å². The van der Waals surface area contributed by atoms with Crippen molar-refractivity contribution in [2.45, 2.75) is 19.5 Å². The van der Waals surface area contributed by atoms with Crippen LogP contribution < -0.4 is 10.1 Å². The SMILES string of the molecule is O=C(NCN1C=CN2C=NN(C(F)F)C21)c1cnc(OC(F)F)c(F)c1. The number of amides is 1. The highest BCUT2D eigenvalue weighted by molar-refractivity contribution is 5.93. The highest BCUT2D eigenvalue weighted by Gasteiger charge is 2.39. The van der Waals surface area contributed by atoms with Gasteiger partial charge in [-0.3, -0.25) is 9.69 Å². The third kappa shape index (κ3) is 3.45. The Morgan fingerprint density at radius 1 is 1.31 bits per heavy atom. The summed E-state index contributed by atoms with van der Waals surface area (Å²) in [5, 5.41) is 6.46. The minimum absolute atomic E-state index is 0.194. The molecule has 1 N–H and O–H groups in total. The number of alkyl halides is 4. The molecule has 1 aromatic heterocycles. The lowest BCUT2D eigenvalue weighted by Gasteiger charge is -2.31. The predicted octanol–water partition coefficient (Wildman–Crippen LogP) is 1.36. The number of hydrazone groups is 1. The molecule has 26 heavy (non-hydrogen) atoms. The lowest BCUT2D eigenvalue weighted by molar-refractivity contribution is -0.0972. The maximum atomic E-state index is 13.6. The van der Waals surface area contributed by atoms with Gasteiger partial charge in [0.25, 0.3) is 11.8 Å². The van der Waals surface area contributed by atoms with Crippen LogP contribution in [0.4, 0.5) is 22.0 Å². The van der Waals surface area contributed by atoms with Crippen LogP contribution in [0.2, 0.25) is 0 Å². The second kappa shape index (κ2) is 7.01. The van der Waals surface area contributed by atoms with Crippen LogP contribution in [0.5, 0.6) is 5.88 Å². The third-order valence-corrected chi connectivity index (χ3v) is 3.44. The van der Waals surface area contributed by atoms with Crippen molar-refractivity contribution in [3.05, 3.63) is 36.0 Å². The normalized spacial score (nSPS) is 18.3. The van der Waals surface area contributed by atoms with Gasteiger partial charge in [-0.25, -0.2) is 9.37 Å². The second-order valence-corrected chi connectivity index (χ2v) is 5.05. The molecule has 0 saturated carbocycles. The molecular weight excluding hydrogens is 367 g/mol. The molecule has 0 radical (unpaired) electrons. The number of rotatable bonds is 6. The number of carbonyl (C=O) groups excluding carboxylic acids is 1. The molecule has 1 unspecified atom stereocenters. The van der Waals surface area contributed by atoms with E-state index in [0.29, 0.717) is 11.1 Å². The number of nitrogens with zero attached hydrogens (tertiary/aromatic N) is 5. The average Bonchev–Trinajstić information content (AvgIpc) is 3.16. The number of nitrogens with one attached hydrogen (secondary N) is 1. The van der Waals surface area contributed by atoms with E-state index in [4.69, 9.17) is 0 Å². The molecule has 1 aromatic rings. The molecule has 1 amide bonds. The lowest BCUT2D eigenvalue weighted by Crippen LogP contribution is -2.50. The van der Waals surface area contributed by atoms with Crippen molar-refractivity contribution in [2.24, 2.45) is 5.10 Å². The molecule has 3 rings (SSSR count). The van der Waals surface area contributed by atoms with Crippen LogP contribution in [-0.4, -0.2) is 58.2 Å². The zero-order chi connectivity index (χ0) is 18.8. The summed E-state index contributed by atoms with van der Waals surface area (Å²) < 4.78 is 67.4. The molecule has 0 fully saturated rings. The Labute approximate surface area is 143 Å². The summed E-state index contributed by atoms with van der Waals surface area (Å²) in [6, 6.07) is 0.677. The molecule has 3 heterocycles. The van der Waals surface area contributed by atoms with Gasteiger partial charge in [-0.2, -0.15) is 27.7 Å². The first-order valence-corrected chi connectivity index (χ1v) is 7.07. The first kappa shape index (κ1) is 17.7. The highest BCUT2D eigenvalue weighted by atomic mass is 19.3. The number of hydrogen-bond acceptors (Lipinski definition) is 7. The van der Waals surface area contributed by atoms with Crippen LogP contribution in [0, 0.1) is 5.82 Å². The fourth-order valence-electron chi connectivity index (χ4n) is 2.32. The molecule has 2 aliphatic rings. The summed E-state index contributed by atoms with van der Waals surface area (Å²) in [7, 11) is 0. The smallest absolute Gasteiger partial charge is 0.388 e. The summed E-state index contributed by atoms with van der Waals surface area (Å²) in [5.41, 5.74) is -0.252. The summed E-state index contributed by atoms with van der Waals surface area (Å²) in [6.45, 7) is -6.30. The summed E-state index contributed by atoms with van der Waals surface area (Å²) in [6.07, 6.45) is 4.07. The Balaban J connectivity index is 1.61. The lowest BCUT2D eigenvalue weighted by atomic mass is 10.2. The van der Waals surface area contributed by atoms with E-state index in [1.54, 1.807) is 0 Å². The number of halogens is 5. The van der Waals surface area contributed by atoms with Gasteiger partial charge < -0.3 is 15.0 Å². The first-order valence-electron chi connectivity index (χ1n) is 7.07. The quantitative estimate of drug-likeness (QED) is 0.596. The van der Waals surface area contributed by atoms with Gasteiger partial charge in [-0.1, -0.05) is 0 Å². The molecule has 0 aromatic carbocycles. The molecule has 0 spiro atoms. The first-order chi connectivity index (χ1) is 12.4. The average molecular weight is 378 g/mol. The van der Waals surface area contributed by atoms with E-state index in [1.807, 2.05) is 0 Å². The van der Waals surface area contributed by atoms with Gasteiger partial charge in [-0.05, 0) is 6.07 Å². The summed E-state index contributed by atoms with van der Waals surface area (Å²) in [4.78, 5) is 18.1. The Morgan fingerprint density at radius 2 is 2.08 bits per heavy atom. The Bertz CT molecular complexity index is 746. The van der Waals surface area contributed by atoms with Gasteiger partial charge >= 0.3 is 13.2 Å². The van der Waals surface area contributed by atoms with Crippen LogP contribution in [0.25, 0.3) is 0 Å². The molecule has 8 nitrogen and oxygen atoms in total. The van der Waals surface area contributed by atoms with Crippen LogP contribution in [-0.2, 0) is 0 Å². The molecule has 0 saturated heterocycles. The van der Waals surface area contributed by atoms with E-state index in [9.17, 15) is 26.7 Å². The van der Waals surface area contributed by atoms with Crippen LogP contribution in [0.15, 0.2) is 29.8 Å². The van der Waals surface area contributed by atoms with Crippen LogP contribution in [0.3, 0.4) is 0 Å². The monoisotopic (exact) mass is 378 g/mol. The molecule has 140 valence electrons. The maximum Gasteiger partial charge on any atom is 0.388 e. The van der Waals surface area contributed by atoms with E-state index in [1.165, 1.54) is 28.5 Å². The van der Waals surface area contributed by atoms with Gasteiger partial charge in [0.1, 0.15) is 6.34 Å². The minimum Gasteiger partial charge on any atom is -0.414 e. The molecule has 0 bridgehead atoms.